The molecule has 1 rings (SSSR count). The van der Waals surface area contributed by atoms with Crippen LogP contribution in [0.1, 0.15) is 47.0 Å². The van der Waals surface area contributed by atoms with Crippen molar-refractivity contribution in [3.05, 3.63) is 0 Å². The Morgan fingerprint density at radius 3 is 2.67 bits per heavy atom. The summed E-state index contributed by atoms with van der Waals surface area (Å²) < 4.78 is 0. The predicted octanol–water partition coefficient (Wildman–Crippen LogP) is 2.50. The molecule has 1 heterocycles. The lowest BCUT2D eigenvalue weighted by atomic mass is 10.0. The third kappa shape index (κ3) is 6.16. The molecule has 1 aliphatic heterocycles. The van der Waals surface area contributed by atoms with Crippen LogP contribution in [0.4, 0.5) is 0 Å². The van der Waals surface area contributed by atoms with Gasteiger partial charge in [-0.15, -0.1) is 0 Å². The van der Waals surface area contributed by atoms with Crippen molar-refractivity contribution in [2.24, 2.45) is 5.92 Å². The average Bonchev–Trinajstić information content (AvgIpc) is 2.11. The van der Waals surface area contributed by atoms with Crippen LogP contribution >= 0.6 is 0 Å². The molecule has 0 bridgehead atoms. The molecule has 1 atom stereocenters. The Morgan fingerprint density at radius 1 is 1.33 bits per heavy atom. The van der Waals surface area contributed by atoms with Crippen LogP contribution in [0.2, 0.25) is 0 Å². The Kier molecular flexibility index (Phi) is 5.07. The van der Waals surface area contributed by atoms with E-state index >= 15 is 0 Å². The minimum atomic E-state index is 0.273. The molecule has 1 unspecified atom stereocenters. The maximum absolute atomic E-state index is 3.55. The van der Waals surface area contributed by atoms with Gasteiger partial charge in [-0.25, -0.2) is 0 Å². The highest BCUT2D eigenvalue weighted by Crippen LogP contribution is 2.15. The zero-order chi connectivity index (χ0) is 11.3. The van der Waals surface area contributed by atoms with Gasteiger partial charge in [-0.1, -0.05) is 6.92 Å². The molecule has 0 spiro atoms. The highest BCUT2D eigenvalue weighted by Gasteiger charge is 2.15. The van der Waals surface area contributed by atoms with E-state index in [0.29, 0.717) is 0 Å². The fourth-order valence-corrected chi connectivity index (χ4v) is 2.26. The van der Waals surface area contributed by atoms with Gasteiger partial charge in [0, 0.05) is 12.1 Å². The van der Waals surface area contributed by atoms with Crippen molar-refractivity contribution >= 4 is 0 Å². The van der Waals surface area contributed by atoms with E-state index in [1.807, 2.05) is 0 Å². The topological polar surface area (TPSA) is 15.3 Å². The van der Waals surface area contributed by atoms with Crippen molar-refractivity contribution in [3.8, 4) is 0 Å². The molecule has 0 aliphatic carbocycles. The first-order chi connectivity index (χ1) is 6.97. The van der Waals surface area contributed by atoms with Gasteiger partial charge >= 0.3 is 0 Å². The van der Waals surface area contributed by atoms with Gasteiger partial charge in [0.2, 0.25) is 0 Å². The summed E-state index contributed by atoms with van der Waals surface area (Å²) in [4.78, 5) is 2.62. The van der Waals surface area contributed by atoms with Crippen LogP contribution in [-0.4, -0.2) is 36.6 Å². The lowest BCUT2D eigenvalue weighted by Crippen LogP contribution is -2.39. The monoisotopic (exact) mass is 212 g/mol. The molecule has 1 N–H and O–H groups in total. The number of hydrogen-bond acceptors (Lipinski definition) is 2. The van der Waals surface area contributed by atoms with Gasteiger partial charge in [-0.05, 0) is 65.6 Å². The van der Waals surface area contributed by atoms with E-state index in [4.69, 9.17) is 0 Å². The Bertz CT molecular complexity index is 172. The van der Waals surface area contributed by atoms with Gasteiger partial charge < -0.3 is 10.2 Å². The molecule has 1 fully saturated rings. The van der Waals surface area contributed by atoms with Crippen LogP contribution in [0.15, 0.2) is 0 Å². The predicted molar refractivity (Wildman–Crippen MR) is 67.2 cm³/mol. The summed E-state index contributed by atoms with van der Waals surface area (Å²) in [7, 11) is 0. The lowest BCUT2D eigenvalue weighted by molar-refractivity contribution is 0.180. The molecule has 2 heteroatoms. The van der Waals surface area contributed by atoms with Crippen molar-refractivity contribution in [1.82, 2.24) is 10.2 Å². The van der Waals surface area contributed by atoms with Crippen LogP contribution in [0, 0.1) is 5.92 Å². The van der Waals surface area contributed by atoms with E-state index in [1.54, 1.807) is 0 Å². The molecular formula is C13H28N2. The number of likely N-dealkylation sites (tertiary alicyclic amines) is 1. The van der Waals surface area contributed by atoms with Crippen LogP contribution in [0.3, 0.4) is 0 Å². The number of piperidine rings is 1. The van der Waals surface area contributed by atoms with E-state index in [-0.39, 0.29) is 5.54 Å². The standard InChI is InChI=1S/C13H28N2/c1-12-7-5-9-15(11-12)10-6-8-14-13(2,3)4/h12,14H,5-11H2,1-4H3. The fourth-order valence-electron chi connectivity index (χ4n) is 2.26. The average molecular weight is 212 g/mol. The molecular weight excluding hydrogens is 184 g/mol. The third-order valence-corrected chi connectivity index (χ3v) is 3.05. The molecule has 2 nitrogen and oxygen atoms in total. The summed E-state index contributed by atoms with van der Waals surface area (Å²) in [6.45, 7) is 14.1. The Morgan fingerprint density at radius 2 is 2.07 bits per heavy atom. The number of hydrogen-bond donors (Lipinski definition) is 1. The van der Waals surface area contributed by atoms with E-state index < -0.39 is 0 Å². The van der Waals surface area contributed by atoms with Gasteiger partial charge in [0.1, 0.15) is 0 Å². The molecule has 1 saturated heterocycles. The van der Waals surface area contributed by atoms with Crippen LogP contribution in [-0.2, 0) is 0 Å². The molecule has 0 aromatic heterocycles. The fraction of sp³-hybridized carbons (Fsp3) is 1.00. The van der Waals surface area contributed by atoms with Crippen molar-refractivity contribution in [1.29, 1.82) is 0 Å². The van der Waals surface area contributed by atoms with Crippen LogP contribution in [0.5, 0.6) is 0 Å². The largest absolute Gasteiger partial charge is 0.312 e. The Labute approximate surface area is 95.4 Å². The zero-order valence-corrected chi connectivity index (χ0v) is 11.0. The minimum Gasteiger partial charge on any atom is -0.312 e. The first-order valence-electron chi connectivity index (χ1n) is 6.45. The van der Waals surface area contributed by atoms with Crippen LogP contribution < -0.4 is 5.32 Å². The molecule has 90 valence electrons. The summed E-state index contributed by atoms with van der Waals surface area (Å²) in [5, 5.41) is 3.55. The van der Waals surface area contributed by atoms with E-state index in [1.165, 1.54) is 38.9 Å². The summed E-state index contributed by atoms with van der Waals surface area (Å²) in [5.74, 6) is 0.911. The molecule has 0 aromatic carbocycles. The van der Waals surface area contributed by atoms with E-state index in [9.17, 15) is 0 Å². The second-order valence-electron chi connectivity index (χ2n) is 6.08. The molecule has 0 aromatic rings. The van der Waals surface area contributed by atoms with Crippen molar-refractivity contribution in [3.63, 3.8) is 0 Å². The smallest absolute Gasteiger partial charge is 0.00965 e. The Balaban J connectivity index is 2.04. The lowest BCUT2D eigenvalue weighted by Gasteiger charge is -2.31. The van der Waals surface area contributed by atoms with E-state index in [0.717, 1.165) is 12.5 Å². The van der Waals surface area contributed by atoms with Gasteiger partial charge in [-0.3, -0.25) is 0 Å². The summed E-state index contributed by atoms with van der Waals surface area (Å²) in [6, 6.07) is 0. The highest BCUT2D eigenvalue weighted by molar-refractivity contribution is 4.72. The maximum atomic E-state index is 3.55. The van der Waals surface area contributed by atoms with Gasteiger partial charge in [0.05, 0.1) is 0 Å². The van der Waals surface area contributed by atoms with Crippen molar-refractivity contribution in [2.75, 3.05) is 26.2 Å². The second kappa shape index (κ2) is 5.86. The third-order valence-electron chi connectivity index (χ3n) is 3.05. The van der Waals surface area contributed by atoms with Crippen molar-refractivity contribution < 1.29 is 0 Å². The number of nitrogens with zero attached hydrogens (tertiary/aromatic N) is 1. The molecule has 0 radical (unpaired) electrons. The summed E-state index contributed by atoms with van der Waals surface area (Å²) >= 11 is 0. The first kappa shape index (κ1) is 13.0. The van der Waals surface area contributed by atoms with Crippen LogP contribution in [0.25, 0.3) is 0 Å². The SMILES string of the molecule is CC1CCCN(CCCNC(C)(C)C)C1. The summed E-state index contributed by atoms with van der Waals surface area (Å²) in [6.07, 6.45) is 4.11. The number of rotatable bonds is 4. The molecule has 0 amide bonds. The molecule has 0 saturated carbocycles. The normalized spacial score (nSPS) is 24.4. The summed E-state index contributed by atoms with van der Waals surface area (Å²) in [5.41, 5.74) is 0.273. The second-order valence-corrected chi connectivity index (χ2v) is 6.08. The van der Waals surface area contributed by atoms with Gasteiger partial charge in [0.25, 0.3) is 0 Å². The molecule has 15 heavy (non-hydrogen) atoms. The maximum Gasteiger partial charge on any atom is 0.00965 e. The highest BCUT2D eigenvalue weighted by atomic mass is 15.1. The zero-order valence-electron chi connectivity index (χ0n) is 11.0. The first-order valence-corrected chi connectivity index (χ1v) is 6.45. The minimum absolute atomic E-state index is 0.273. The number of nitrogens with one attached hydrogen (secondary N) is 1. The van der Waals surface area contributed by atoms with E-state index in [2.05, 4.69) is 37.9 Å². The van der Waals surface area contributed by atoms with Crippen molar-refractivity contribution in [2.45, 2.75) is 52.5 Å². The van der Waals surface area contributed by atoms with Gasteiger partial charge in [-0.2, -0.15) is 0 Å². The molecule has 1 aliphatic rings. The Hall–Kier alpha value is -0.0800. The quantitative estimate of drug-likeness (QED) is 0.720. The van der Waals surface area contributed by atoms with Gasteiger partial charge in [0.15, 0.2) is 0 Å².